The Morgan fingerprint density at radius 3 is 2.71 bits per heavy atom. The molecule has 1 aliphatic heterocycles. The van der Waals surface area contributed by atoms with E-state index in [9.17, 15) is 14.7 Å². The summed E-state index contributed by atoms with van der Waals surface area (Å²) in [6, 6.07) is 10.9. The molecule has 0 radical (unpaired) electrons. The van der Waals surface area contributed by atoms with Crippen LogP contribution >= 0.6 is 0 Å². The molecule has 176 valence electrons. The van der Waals surface area contributed by atoms with E-state index in [1.165, 1.54) is 43.0 Å². The van der Waals surface area contributed by atoms with E-state index >= 15 is 0 Å². The van der Waals surface area contributed by atoms with E-state index in [0.717, 1.165) is 12.0 Å². The molecule has 34 heavy (non-hydrogen) atoms. The van der Waals surface area contributed by atoms with Crippen molar-refractivity contribution in [2.75, 3.05) is 11.9 Å². The maximum absolute atomic E-state index is 12.6. The average Bonchev–Trinajstić information content (AvgIpc) is 3.38. The zero-order chi connectivity index (χ0) is 23.9. The lowest BCUT2D eigenvalue weighted by atomic mass is 10.1. The second kappa shape index (κ2) is 10.6. The number of ether oxygens (including phenoxy) is 2. The first-order valence-electron chi connectivity index (χ1n) is 11.1. The molecule has 1 amide bonds. The molecule has 3 N–H and O–H groups in total. The number of aryl methyl sites for hydroxylation is 1. The number of nitrogens with one attached hydrogen (secondary N) is 2. The topological polar surface area (TPSA) is 139 Å². The van der Waals surface area contributed by atoms with Crippen molar-refractivity contribution in [3.63, 3.8) is 0 Å². The summed E-state index contributed by atoms with van der Waals surface area (Å²) in [4.78, 5) is 24.2. The van der Waals surface area contributed by atoms with Crippen molar-refractivity contribution in [3.8, 4) is 11.5 Å². The number of hydrogen-bond donors (Lipinski definition) is 3. The lowest BCUT2D eigenvalue weighted by Crippen LogP contribution is -2.25. The monoisotopic (exact) mass is 463 g/mol. The first kappa shape index (κ1) is 23.0. The first-order chi connectivity index (χ1) is 16.5. The van der Waals surface area contributed by atoms with Gasteiger partial charge < -0.3 is 19.9 Å². The number of benzene rings is 2. The predicted molar refractivity (Wildman–Crippen MR) is 124 cm³/mol. The molecule has 3 aromatic rings. The van der Waals surface area contributed by atoms with Crippen LogP contribution in [0.25, 0.3) is 6.08 Å². The number of unbranched alkanes of at least 4 members (excludes halogenated alkanes) is 2. The Kier molecular flexibility index (Phi) is 7.16. The average molecular weight is 463 g/mol. The van der Waals surface area contributed by atoms with Crippen LogP contribution in [0.3, 0.4) is 0 Å². The molecule has 4 rings (SSSR count). The Bertz CT molecular complexity index is 1180. The maximum Gasteiger partial charge on any atom is 0.339 e. The summed E-state index contributed by atoms with van der Waals surface area (Å²) in [6.07, 6.45) is 7.02. The van der Waals surface area contributed by atoms with Crippen LogP contribution in [0.1, 0.15) is 59.6 Å². The fraction of sp³-hybridized carbons (Fsp3) is 0.292. The Balaban J connectivity index is 1.48. The van der Waals surface area contributed by atoms with Gasteiger partial charge >= 0.3 is 5.97 Å². The van der Waals surface area contributed by atoms with Crippen LogP contribution in [0, 0.1) is 0 Å². The van der Waals surface area contributed by atoms with Crippen molar-refractivity contribution >= 4 is 23.6 Å². The highest BCUT2D eigenvalue weighted by Gasteiger charge is 2.31. The molecular weight excluding hydrogens is 438 g/mol. The third-order valence-electron chi connectivity index (χ3n) is 5.37. The van der Waals surface area contributed by atoms with E-state index in [1.54, 1.807) is 6.08 Å². The van der Waals surface area contributed by atoms with E-state index in [2.05, 4.69) is 45.0 Å². The third-order valence-corrected chi connectivity index (χ3v) is 5.37. The van der Waals surface area contributed by atoms with E-state index in [4.69, 9.17) is 9.47 Å². The number of carboxylic acid groups (broad SMARTS) is 1. The maximum atomic E-state index is 12.6. The number of carboxylic acids is 1. The predicted octanol–water partition coefficient (Wildman–Crippen LogP) is 3.80. The number of carbonyl (C=O) groups is 2. The van der Waals surface area contributed by atoms with Gasteiger partial charge in [0.15, 0.2) is 17.6 Å². The molecule has 0 aliphatic carbocycles. The molecule has 1 aliphatic rings. The Hall–Kier alpha value is -4.21. The van der Waals surface area contributed by atoms with Crippen molar-refractivity contribution in [1.29, 1.82) is 0 Å². The number of aromatic carboxylic acids is 1. The van der Waals surface area contributed by atoms with Crippen molar-refractivity contribution in [1.82, 2.24) is 20.6 Å². The number of fused-ring (bicyclic) bond motifs is 1. The standard InChI is InChI=1S/C24H25N5O5/c1-2-3-4-5-15-6-8-16(9-7-15)10-13-20(30)25-18-12-11-17(24(31)32)21-22(18)34-19(14-33-21)23-26-28-29-27-23/h6-13,19H,2-5,14H2,1H3,(H,25,30)(H,31,32)(H,26,27,28,29). The number of anilines is 1. The summed E-state index contributed by atoms with van der Waals surface area (Å²) in [7, 11) is 0. The lowest BCUT2D eigenvalue weighted by molar-refractivity contribution is -0.111. The van der Waals surface area contributed by atoms with Gasteiger partial charge in [0.25, 0.3) is 0 Å². The smallest absolute Gasteiger partial charge is 0.339 e. The summed E-state index contributed by atoms with van der Waals surface area (Å²) >= 11 is 0. The summed E-state index contributed by atoms with van der Waals surface area (Å²) in [5.41, 5.74) is 2.37. The van der Waals surface area contributed by atoms with Crippen LogP contribution in [-0.4, -0.2) is 44.2 Å². The van der Waals surface area contributed by atoms with E-state index in [0.29, 0.717) is 0 Å². The van der Waals surface area contributed by atoms with Gasteiger partial charge in [-0.3, -0.25) is 4.79 Å². The molecule has 0 saturated heterocycles. The molecular formula is C24H25N5O5. The molecule has 10 nitrogen and oxygen atoms in total. The number of tetrazole rings is 1. The number of carbonyl (C=O) groups excluding carboxylic acids is 1. The molecule has 2 aromatic carbocycles. The van der Waals surface area contributed by atoms with Crippen molar-refractivity contribution < 1.29 is 24.2 Å². The Labute approximate surface area is 196 Å². The highest BCUT2D eigenvalue weighted by molar-refractivity contribution is 6.04. The van der Waals surface area contributed by atoms with Crippen molar-refractivity contribution in [2.45, 2.75) is 38.7 Å². The van der Waals surface area contributed by atoms with Crippen LogP contribution in [0.4, 0.5) is 5.69 Å². The van der Waals surface area contributed by atoms with Crippen LogP contribution in [0.15, 0.2) is 42.5 Å². The molecule has 1 atom stereocenters. The zero-order valence-corrected chi connectivity index (χ0v) is 18.7. The van der Waals surface area contributed by atoms with Gasteiger partial charge in [-0.05, 0) is 42.2 Å². The SMILES string of the molecule is CCCCCc1ccc(C=CC(=O)Nc2ccc(C(=O)O)c3c2OC(c2nn[nH]n2)CO3)cc1. The van der Waals surface area contributed by atoms with Gasteiger partial charge in [0.05, 0.1) is 5.69 Å². The van der Waals surface area contributed by atoms with Crippen LogP contribution in [0.2, 0.25) is 0 Å². The highest BCUT2D eigenvalue weighted by atomic mass is 16.6. The molecule has 1 unspecified atom stereocenters. The molecule has 0 saturated carbocycles. The fourth-order valence-electron chi connectivity index (χ4n) is 3.58. The minimum Gasteiger partial charge on any atom is -0.484 e. The van der Waals surface area contributed by atoms with Crippen LogP contribution < -0.4 is 14.8 Å². The molecule has 0 spiro atoms. The fourth-order valence-corrected chi connectivity index (χ4v) is 3.58. The van der Waals surface area contributed by atoms with Crippen LogP contribution in [0.5, 0.6) is 11.5 Å². The Morgan fingerprint density at radius 1 is 1.18 bits per heavy atom. The number of aromatic amines is 1. The molecule has 1 aromatic heterocycles. The minimum absolute atomic E-state index is 0.00143. The quantitative estimate of drug-likeness (QED) is 0.322. The zero-order valence-electron chi connectivity index (χ0n) is 18.7. The van der Waals surface area contributed by atoms with Crippen molar-refractivity contribution in [3.05, 3.63) is 65.0 Å². The molecule has 10 heteroatoms. The molecule has 0 fully saturated rings. The first-order valence-corrected chi connectivity index (χ1v) is 11.1. The van der Waals surface area contributed by atoms with E-state index < -0.39 is 18.0 Å². The van der Waals surface area contributed by atoms with Gasteiger partial charge in [0.2, 0.25) is 11.7 Å². The number of nitrogens with zero attached hydrogens (tertiary/aromatic N) is 3. The van der Waals surface area contributed by atoms with Gasteiger partial charge in [0, 0.05) is 6.08 Å². The number of hydrogen-bond acceptors (Lipinski definition) is 7. The molecule has 2 heterocycles. The summed E-state index contributed by atoms with van der Waals surface area (Å²) in [5.74, 6) is -1.19. The van der Waals surface area contributed by atoms with Gasteiger partial charge in [-0.15, -0.1) is 10.2 Å². The highest BCUT2D eigenvalue weighted by Crippen LogP contribution is 2.44. The number of aromatic nitrogens is 4. The summed E-state index contributed by atoms with van der Waals surface area (Å²) < 4.78 is 11.6. The van der Waals surface area contributed by atoms with Gasteiger partial charge in [-0.25, -0.2) is 4.79 Å². The van der Waals surface area contributed by atoms with Gasteiger partial charge in [-0.2, -0.15) is 5.21 Å². The largest absolute Gasteiger partial charge is 0.484 e. The second-order valence-electron chi connectivity index (χ2n) is 7.83. The second-order valence-corrected chi connectivity index (χ2v) is 7.83. The van der Waals surface area contributed by atoms with Crippen molar-refractivity contribution in [2.24, 2.45) is 0 Å². The summed E-state index contributed by atoms with van der Waals surface area (Å²) in [5, 5.41) is 25.8. The summed E-state index contributed by atoms with van der Waals surface area (Å²) in [6.45, 7) is 2.18. The minimum atomic E-state index is -1.17. The van der Waals surface area contributed by atoms with E-state index in [1.807, 2.05) is 12.1 Å². The normalized spacial score (nSPS) is 14.8. The molecule has 0 bridgehead atoms. The number of rotatable bonds is 9. The van der Waals surface area contributed by atoms with Gasteiger partial charge in [0.1, 0.15) is 12.2 Å². The van der Waals surface area contributed by atoms with E-state index in [-0.39, 0.29) is 35.2 Å². The third kappa shape index (κ3) is 5.40. The number of amides is 1. The lowest BCUT2D eigenvalue weighted by Gasteiger charge is -2.27. The number of H-pyrrole nitrogens is 1. The Morgan fingerprint density at radius 2 is 2.00 bits per heavy atom. The van der Waals surface area contributed by atoms with Crippen LogP contribution in [-0.2, 0) is 11.2 Å². The van der Waals surface area contributed by atoms with Gasteiger partial charge in [-0.1, -0.05) is 49.2 Å².